The van der Waals surface area contributed by atoms with Crippen molar-refractivity contribution in [3.05, 3.63) is 0 Å². The number of aliphatic carboxylic acids is 1. The second kappa shape index (κ2) is 8.99. The summed E-state index contributed by atoms with van der Waals surface area (Å²) in [5.41, 5.74) is 0. The van der Waals surface area contributed by atoms with Gasteiger partial charge in [0.15, 0.2) is 0 Å². The summed E-state index contributed by atoms with van der Waals surface area (Å²) in [5.74, 6) is -2.29. The molecule has 1 rings (SSSR count). The van der Waals surface area contributed by atoms with Crippen LogP contribution in [0.25, 0.3) is 0 Å². The zero-order valence-electron chi connectivity index (χ0n) is 13.7. The molecule has 0 aliphatic carbocycles. The summed E-state index contributed by atoms with van der Waals surface area (Å²) in [5, 5.41) is 13.5. The molecule has 134 valence electrons. The van der Waals surface area contributed by atoms with E-state index in [1.165, 1.54) is 4.90 Å². The number of carboxylic acid groups (broad SMARTS) is 1. The van der Waals surface area contributed by atoms with Gasteiger partial charge in [-0.2, -0.15) is 0 Å². The van der Waals surface area contributed by atoms with Crippen molar-refractivity contribution < 1.29 is 29.1 Å². The number of hydrogen-bond donors (Lipinski definition) is 3. The van der Waals surface area contributed by atoms with Gasteiger partial charge in [0.2, 0.25) is 18.2 Å². The summed E-state index contributed by atoms with van der Waals surface area (Å²) in [4.78, 5) is 58.5. The van der Waals surface area contributed by atoms with E-state index in [4.69, 9.17) is 5.11 Å². The van der Waals surface area contributed by atoms with Gasteiger partial charge in [-0.3, -0.25) is 19.2 Å². The fraction of sp³-hybridized carbons (Fsp3) is 0.667. The van der Waals surface area contributed by atoms with Gasteiger partial charge < -0.3 is 25.4 Å². The van der Waals surface area contributed by atoms with Crippen LogP contribution in [-0.2, 0) is 24.0 Å². The predicted octanol–water partition coefficient (Wildman–Crippen LogP) is -1.09. The molecule has 0 radical (unpaired) electrons. The highest BCUT2D eigenvalue weighted by molar-refractivity contribution is 5.92. The summed E-state index contributed by atoms with van der Waals surface area (Å²) in [7, 11) is 0. The Hall–Kier alpha value is -2.45. The third-order valence-electron chi connectivity index (χ3n) is 3.91. The van der Waals surface area contributed by atoms with Crippen LogP contribution in [0.3, 0.4) is 0 Å². The molecule has 0 spiro atoms. The van der Waals surface area contributed by atoms with Crippen molar-refractivity contribution in [3.63, 3.8) is 0 Å². The molecule has 1 aliphatic rings. The second-order valence-corrected chi connectivity index (χ2v) is 6.04. The number of carboxylic acids is 1. The number of amides is 3. The number of carbonyl (C=O) groups excluding carboxylic acids is 4. The van der Waals surface area contributed by atoms with Crippen molar-refractivity contribution in [2.24, 2.45) is 5.92 Å². The van der Waals surface area contributed by atoms with Gasteiger partial charge in [0.05, 0.1) is 12.5 Å². The van der Waals surface area contributed by atoms with E-state index in [0.717, 1.165) is 0 Å². The average Bonchev–Trinajstić information content (AvgIpc) is 3.00. The van der Waals surface area contributed by atoms with Crippen LogP contribution in [0.1, 0.15) is 33.1 Å². The molecule has 0 aromatic carbocycles. The molecule has 0 saturated carbocycles. The Bertz CT molecular complexity index is 507. The van der Waals surface area contributed by atoms with Crippen molar-refractivity contribution in [3.8, 4) is 0 Å². The van der Waals surface area contributed by atoms with Crippen molar-refractivity contribution in [2.75, 3.05) is 6.54 Å². The molecule has 1 saturated heterocycles. The van der Waals surface area contributed by atoms with Crippen LogP contribution in [0.4, 0.5) is 0 Å². The van der Waals surface area contributed by atoms with Gasteiger partial charge in [-0.1, -0.05) is 13.8 Å². The smallest absolute Gasteiger partial charge is 0.305 e. The average molecular weight is 341 g/mol. The Morgan fingerprint density at radius 3 is 2.46 bits per heavy atom. The highest BCUT2D eigenvalue weighted by Crippen LogP contribution is 2.20. The number of nitrogens with zero attached hydrogens (tertiary/aromatic N) is 1. The molecule has 0 unspecified atom stereocenters. The number of carbonyl (C=O) groups is 5. The van der Waals surface area contributed by atoms with Gasteiger partial charge in [-0.25, -0.2) is 0 Å². The minimum Gasteiger partial charge on any atom is -0.481 e. The highest BCUT2D eigenvalue weighted by Gasteiger charge is 2.38. The maximum absolute atomic E-state index is 12.6. The number of aldehydes is 1. The maximum Gasteiger partial charge on any atom is 0.305 e. The van der Waals surface area contributed by atoms with Crippen molar-refractivity contribution in [1.29, 1.82) is 0 Å². The molecular weight excluding hydrogens is 318 g/mol. The summed E-state index contributed by atoms with van der Waals surface area (Å²) in [6, 6.07) is -2.65. The van der Waals surface area contributed by atoms with E-state index >= 15 is 0 Å². The monoisotopic (exact) mass is 341 g/mol. The zero-order valence-corrected chi connectivity index (χ0v) is 13.7. The lowest BCUT2D eigenvalue weighted by molar-refractivity contribution is -0.143. The summed E-state index contributed by atoms with van der Waals surface area (Å²) in [6.07, 6.45) is 1.32. The lowest BCUT2D eigenvalue weighted by Gasteiger charge is -2.30. The standard InChI is InChI=1S/C15H23N3O6/c1-9(2)13(16-8-20)15(24)18-5-3-4-11(18)14(23)17-10(7-19)6-12(21)22/h7-11,13H,3-6H2,1-2H3,(H,16,20)(H,17,23)(H,21,22)/t10-,11-,13-/m0/s1. The molecule has 9 heteroatoms. The molecule has 1 heterocycles. The van der Waals surface area contributed by atoms with E-state index in [-0.39, 0.29) is 11.8 Å². The lowest BCUT2D eigenvalue weighted by atomic mass is 10.0. The van der Waals surface area contributed by atoms with Gasteiger partial charge in [0, 0.05) is 6.54 Å². The topological polar surface area (TPSA) is 133 Å². The van der Waals surface area contributed by atoms with Crippen molar-refractivity contribution >= 4 is 30.5 Å². The molecule has 3 N–H and O–H groups in total. The third-order valence-corrected chi connectivity index (χ3v) is 3.91. The van der Waals surface area contributed by atoms with Gasteiger partial charge in [0.25, 0.3) is 0 Å². The van der Waals surface area contributed by atoms with Crippen molar-refractivity contribution in [2.45, 2.75) is 51.2 Å². The molecule has 0 bridgehead atoms. The largest absolute Gasteiger partial charge is 0.481 e. The van der Waals surface area contributed by atoms with Gasteiger partial charge in [0.1, 0.15) is 18.4 Å². The molecule has 0 aromatic rings. The van der Waals surface area contributed by atoms with E-state index in [2.05, 4.69) is 10.6 Å². The molecule has 24 heavy (non-hydrogen) atoms. The Morgan fingerprint density at radius 1 is 1.29 bits per heavy atom. The molecule has 9 nitrogen and oxygen atoms in total. The normalized spacial score (nSPS) is 19.5. The molecular formula is C15H23N3O6. The molecule has 3 atom stereocenters. The first kappa shape index (κ1) is 19.6. The minimum absolute atomic E-state index is 0.151. The summed E-state index contributed by atoms with van der Waals surface area (Å²) < 4.78 is 0. The second-order valence-electron chi connectivity index (χ2n) is 6.04. The predicted molar refractivity (Wildman–Crippen MR) is 82.8 cm³/mol. The van der Waals surface area contributed by atoms with Gasteiger partial charge in [-0.15, -0.1) is 0 Å². The number of nitrogens with one attached hydrogen (secondary N) is 2. The lowest BCUT2D eigenvalue weighted by Crippen LogP contribution is -2.55. The molecule has 1 fully saturated rings. The number of hydrogen-bond acceptors (Lipinski definition) is 5. The molecule has 3 amide bonds. The van der Waals surface area contributed by atoms with Crippen molar-refractivity contribution in [1.82, 2.24) is 15.5 Å². The van der Waals surface area contributed by atoms with Crippen LogP contribution < -0.4 is 10.6 Å². The Morgan fingerprint density at radius 2 is 1.96 bits per heavy atom. The van der Waals surface area contributed by atoms with E-state index in [1.807, 2.05) is 0 Å². The number of rotatable bonds is 9. The third kappa shape index (κ3) is 5.04. The SMILES string of the molecule is CC(C)[C@H](NC=O)C(=O)N1CCC[C@H]1C(=O)N[C@H](C=O)CC(=O)O. The molecule has 1 aliphatic heterocycles. The summed E-state index contributed by atoms with van der Waals surface area (Å²) in [6.45, 7) is 3.92. The zero-order chi connectivity index (χ0) is 18.3. The Balaban J connectivity index is 2.81. The number of likely N-dealkylation sites (tertiary alicyclic amines) is 1. The summed E-state index contributed by atoms with van der Waals surface area (Å²) >= 11 is 0. The van der Waals surface area contributed by atoms with Crippen LogP contribution in [0.5, 0.6) is 0 Å². The first-order valence-corrected chi connectivity index (χ1v) is 7.79. The maximum atomic E-state index is 12.6. The fourth-order valence-electron chi connectivity index (χ4n) is 2.70. The first-order valence-electron chi connectivity index (χ1n) is 7.79. The molecule has 0 aromatic heterocycles. The van der Waals surface area contributed by atoms with Crippen LogP contribution in [0.15, 0.2) is 0 Å². The first-order chi connectivity index (χ1) is 11.3. The van der Waals surface area contributed by atoms with Crippen LogP contribution in [0.2, 0.25) is 0 Å². The van der Waals surface area contributed by atoms with Crippen LogP contribution >= 0.6 is 0 Å². The van der Waals surface area contributed by atoms with E-state index < -0.39 is 36.4 Å². The van der Waals surface area contributed by atoms with E-state index in [9.17, 15) is 24.0 Å². The quantitative estimate of drug-likeness (QED) is 0.456. The van der Waals surface area contributed by atoms with E-state index in [1.54, 1.807) is 13.8 Å². The Labute approximate surface area is 139 Å². The van der Waals surface area contributed by atoms with Gasteiger partial charge >= 0.3 is 5.97 Å². The Kier molecular flexibility index (Phi) is 7.34. The highest BCUT2D eigenvalue weighted by atomic mass is 16.4. The van der Waals surface area contributed by atoms with Gasteiger partial charge in [-0.05, 0) is 18.8 Å². The van der Waals surface area contributed by atoms with Crippen LogP contribution in [-0.4, -0.2) is 65.2 Å². The van der Waals surface area contributed by atoms with Crippen LogP contribution in [0, 0.1) is 5.92 Å². The van der Waals surface area contributed by atoms with E-state index in [0.29, 0.717) is 32.1 Å². The minimum atomic E-state index is -1.21. The fourth-order valence-corrected chi connectivity index (χ4v) is 2.70.